The van der Waals surface area contributed by atoms with Crippen LogP contribution < -0.4 is 16.0 Å². The standard InChI is InChI=1S/C20H24N4.HI/c1-2-16-5-9-18(10-6-16)23-20(21)22-15-17-7-11-19(12-8-17)24-13-3-4-14-24;/h3-12H,2,13-15H2,1H3,(H3,21,22,23);1H. The molecule has 2 aromatic carbocycles. The lowest BCUT2D eigenvalue weighted by atomic mass is 10.1. The number of anilines is 2. The number of nitrogens with two attached hydrogens (primary N) is 1. The SMILES string of the molecule is CCc1ccc(NC(N)=NCc2ccc(N3CC=CC3)cc2)cc1.I. The first-order valence-corrected chi connectivity index (χ1v) is 8.39. The van der Waals surface area contributed by atoms with E-state index in [4.69, 9.17) is 5.73 Å². The van der Waals surface area contributed by atoms with Crippen LogP contribution in [0.25, 0.3) is 0 Å². The molecule has 25 heavy (non-hydrogen) atoms. The van der Waals surface area contributed by atoms with Crippen LogP contribution in [-0.4, -0.2) is 19.0 Å². The smallest absolute Gasteiger partial charge is 0.193 e. The first-order valence-electron chi connectivity index (χ1n) is 8.39. The minimum absolute atomic E-state index is 0. The van der Waals surface area contributed by atoms with Gasteiger partial charge in [0.05, 0.1) is 6.54 Å². The van der Waals surface area contributed by atoms with Gasteiger partial charge in [0.15, 0.2) is 5.96 Å². The van der Waals surface area contributed by atoms with Crippen molar-refractivity contribution in [2.75, 3.05) is 23.3 Å². The Morgan fingerprint density at radius 2 is 1.60 bits per heavy atom. The summed E-state index contributed by atoms with van der Waals surface area (Å²) in [6.45, 7) is 4.70. The number of guanidine groups is 1. The maximum Gasteiger partial charge on any atom is 0.193 e. The fraction of sp³-hybridized carbons (Fsp3) is 0.250. The van der Waals surface area contributed by atoms with Crippen LogP contribution in [0.1, 0.15) is 18.1 Å². The molecule has 1 aliphatic rings. The van der Waals surface area contributed by atoms with Gasteiger partial charge in [0.1, 0.15) is 0 Å². The fourth-order valence-electron chi connectivity index (χ4n) is 2.69. The first-order chi connectivity index (χ1) is 11.7. The van der Waals surface area contributed by atoms with Crippen LogP contribution in [0.3, 0.4) is 0 Å². The molecule has 0 spiro atoms. The van der Waals surface area contributed by atoms with E-state index in [0.717, 1.165) is 30.8 Å². The molecule has 0 aromatic heterocycles. The van der Waals surface area contributed by atoms with Gasteiger partial charge >= 0.3 is 0 Å². The Morgan fingerprint density at radius 3 is 2.20 bits per heavy atom. The van der Waals surface area contributed by atoms with Crippen LogP contribution in [-0.2, 0) is 13.0 Å². The van der Waals surface area contributed by atoms with E-state index in [1.807, 2.05) is 12.1 Å². The highest BCUT2D eigenvalue weighted by Crippen LogP contribution is 2.18. The quantitative estimate of drug-likeness (QED) is 0.313. The van der Waals surface area contributed by atoms with Gasteiger partial charge in [-0.3, -0.25) is 0 Å². The molecule has 2 aromatic rings. The van der Waals surface area contributed by atoms with Gasteiger partial charge in [0.2, 0.25) is 0 Å². The van der Waals surface area contributed by atoms with E-state index in [9.17, 15) is 0 Å². The van der Waals surface area contributed by atoms with Crippen molar-refractivity contribution in [1.29, 1.82) is 0 Å². The first kappa shape index (κ1) is 19.3. The number of rotatable bonds is 5. The molecule has 0 aliphatic carbocycles. The predicted octanol–water partition coefficient (Wildman–Crippen LogP) is 4.17. The maximum atomic E-state index is 5.98. The third-order valence-corrected chi connectivity index (χ3v) is 4.19. The summed E-state index contributed by atoms with van der Waals surface area (Å²) >= 11 is 0. The van der Waals surface area contributed by atoms with E-state index in [0.29, 0.717) is 12.5 Å². The minimum Gasteiger partial charge on any atom is -0.370 e. The van der Waals surface area contributed by atoms with Gasteiger partial charge in [-0.2, -0.15) is 0 Å². The molecule has 1 aliphatic heterocycles. The lowest BCUT2D eigenvalue weighted by molar-refractivity contribution is 1.000. The fourth-order valence-corrected chi connectivity index (χ4v) is 2.69. The summed E-state index contributed by atoms with van der Waals surface area (Å²) in [5, 5.41) is 3.13. The Balaban J connectivity index is 0.00000225. The van der Waals surface area contributed by atoms with Crippen LogP contribution in [0.15, 0.2) is 65.7 Å². The van der Waals surface area contributed by atoms with Gasteiger partial charge < -0.3 is 16.0 Å². The second kappa shape index (κ2) is 9.46. The Bertz CT molecular complexity index is 712. The highest BCUT2D eigenvalue weighted by molar-refractivity contribution is 14.0. The van der Waals surface area contributed by atoms with E-state index in [-0.39, 0.29) is 24.0 Å². The van der Waals surface area contributed by atoms with Crippen LogP contribution >= 0.6 is 24.0 Å². The molecule has 0 saturated heterocycles. The number of aliphatic imine (C=N–C) groups is 1. The van der Waals surface area contributed by atoms with Crippen LogP contribution in [0.4, 0.5) is 11.4 Å². The Labute approximate surface area is 166 Å². The van der Waals surface area contributed by atoms with Gasteiger partial charge in [0, 0.05) is 24.5 Å². The third-order valence-electron chi connectivity index (χ3n) is 4.19. The highest BCUT2D eigenvalue weighted by atomic mass is 127. The molecule has 0 bridgehead atoms. The topological polar surface area (TPSA) is 53.6 Å². The van der Waals surface area contributed by atoms with E-state index in [1.165, 1.54) is 11.3 Å². The number of hydrogen-bond donors (Lipinski definition) is 2. The van der Waals surface area contributed by atoms with Crippen molar-refractivity contribution in [2.45, 2.75) is 19.9 Å². The molecule has 5 heteroatoms. The lowest BCUT2D eigenvalue weighted by Crippen LogP contribution is -2.22. The molecule has 0 fully saturated rings. The van der Waals surface area contributed by atoms with E-state index < -0.39 is 0 Å². The molecule has 0 radical (unpaired) electrons. The summed E-state index contributed by atoms with van der Waals surface area (Å²) in [7, 11) is 0. The molecule has 0 atom stereocenters. The number of nitrogens with zero attached hydrogens (tertiary/aromatic N) is 2. The van der Waals surface area contributed by atoms with E-state index in [2.05, 4.69) is 70.7 Å². The zero-order valence-corrected chi connectivity index (χ0v) is 16.8. The van der Waals surface area contributed by atoms with Crippen LogP contribution in [0.2, 0.25) is 0 Å². The number of benzene rings is 2. The number of aryl methyl sites for hydroxylation is 1. The van der Waals surface area contributed by atoms with Crippen molar-refractivity contribution < 1.29 is 0 Å². The molecule has 1 heterocycles. The van der Waals surface area contributed by atoms with Gasteiger partial charge in [-0.05, 0) is 41.8 Å². The normalized spacial score (nSPS) is 13.6. The second-order valence-electron chi connectivity index (χ2n) is 5.92. The van der Waals surface area contributed by atoms with Crippen molar-refractivity contribution in [3.63, 3.8) is 0 Å². The molecular formula is C20H25IN4. The summed E-state index contributed by atoms with van der Waals surface area (Å²) in [6.07, 6.45) is 5.42. The summed E-state index contributed by atoms with van der Waals surface area (Å²) in [4.78, 5) is 6.74. The Hall–Kier alpha value is -2.02. The summed E-state index contributed by atoms with van der Waals surface area (Å²) < 4.78 is 0. The molecular weight excluding hydrogens is 423 g/mol. The maximum absolute atomic E-state index is 5.98. The molecule has 3 N–H and O–H groups in total. The van der Waals surface area contributed by atoms with Crippen LogP contribution in [0, 0.1) is 0 Å². The zero-order chi connectivity index (χ0) is 16.8. The Morgan fingerprint density at radius 1 is 1.00 bits per heavy atom. The average Bonchev–Trinajstić information content (AvgIpc) is 3.16. The molecule has 4 nitrogen and oxygen atoms in total. The summed E-state index contributed by atoms with van der Waals surface area (Å²) in [6, 6.07) is 16.8. The van der Waals surface area contributed by atoms with Gasteiger partial charge in [-0.1, -0.05) is 43.3 Å². The van der Waals surface area contributed by atoms with Gasteiger partial charge in [-0.25, -0.2) is 4.99 Å². The molecule has 0 unspecified atom stereocenters. The predicted molar refractivity (Wildman–Crippen MR) is 118 cm³/mol. The minimum atomic E-state index is 0. The van der Waals surface area contributed by atoms with Crippen LogP contribution in [0.5, 0.6) is 0 Å². The van der Waals surface area contributed by atoms with Gasteiger partial charge in [-0.15, -0.1) is 24.0 Å². The van der Waals surface area contributed by atoms with Crippen molar-refractivity contribution in [3.8, 4) is 0 Å². The second-order valence-corrected chi connectivity index (χ2v) is 5.92. The number of halogens is 1. The van der Waals surface area contributed by atoms with Crippen molar-refractivity contribution in [3.05, 3.63) is 71.8 Å². The summed E-state index contributed by atoms with van der Waals surface area (Å²) in [5.74, 6) is 0.437. The Kier molecular flexibility index (Phi) is 7.31. The average molecular weight is 448 g/mol. The number of nitrogens with one attached hydrogen (secondary N) is 1. The molecule has 132 valence electrons. The van der Waals surface area contributed by atoms with Crippen molar-refractivity contribution in [1.82, 2.24) is 0 Å². The van der Waals surface area contributed by atoms with Gasteiger partial charge in [0.25, 0.3) is 0 Å². The summed E-state index contributed by atoms with van der Waals surface area (Å²) in [5.41, 5.74) is 10.6. The number of hydrogen-bond acceptors (Lipinski definition) is 2. The molecule has 0 amide bonds. The van der Waals surface area contributed by atoms with Crippen molar-refractivity contribution >= 4 is 41.3 Å². The highest BCUT2D eigenvalue weighted by Gasteiger charge is 2.06. The molecule has 3 rings (SSSR count). The monoisotopic (exact) mass is 448 g/mol. The van der Waals surface area contributed by atoms with E-state index in [1.54, 1.807) is 0 Å². The third kappa shape index (κ3) is 5.49. The molecule has 0 saturated carbocycles. The largest absolute Gasteiger partial charge is 0.370 e. The van der Waals surface area contributed by atoms with Crippen molar-refractivity contribution in [2.24, 2.45) is 10.7 Å². The lowest BCUT2D eigenvalue weighted by Gasteiger charge is -2.17. The zero-order valence-electron chi connectivity index (χ0n) is 14.5. The van der Waals surface area contributed by atoms with E-state index >= 15 is 0 Å².